The zero-order valence-corrected chi connectivity index (χ0v) is 15.9. The summed E-state index contributed by atoms with van der Waals surface area (Å²) in [6.45, 7) is 1.55. The summed E-state index contributed by atoms with van der Waals surface area (Å²) in [4.78, 5) is 19.2. The van der Waals surface area contributed by atoms with Gasteiger partial charge in [0.15, 0.2) is 0 Å². The van der Waals surface area contributed by atoms with Gasteiger partial charge in [-0.1, -0.05) is 12.1 Å². The largest absolute Gasteiger partial charge is 0.473 e. The van der Waals surface area contributed by atoms with E-state index in [-0.39, 0.29) is 24.8 Å². The summed E-state index contributed by atoms with van der Waals surface area (Å²) < 4.78 is 24.8. The molecular formula is C20H21FN4O4. The molecule has 2 heterocycles. The summed E-state index contributed by atoms with van der Waals surface area (Å²) >= 11 is 0. The van der Waals surface area contributed by atoms with Gasteiger partial charge in [0.25, 0.3) is 0 Å². The van der Waals surface area contributed by atoms with Crippen LogP contribution in [0.15, 0.2) is 36.4 Å². The summed E-state index contributed by atoms with van der Waals surface area (Å²) in [6.07, 6.45) is -0.971. The van der Waals surface area contributed by atoms with Gasteiger partial charge in [-0.2, -0.15) is 10.2 Å². The minimum atomic E-state index is -0.971. The number of amides is 1. The number of anilines is 1. The normalized spacial score (nSPS) is 16.4. The topological polar surface area (TPSA) is 98.9 Å². The lowest BCUT2D eigenvalue weighted by atomic mass is 10.1. The Morgan fingerprint density at radius 1 is 1.38 bits per heavy atom. The number of hydrogen-bond donors (Lipinski definition) is 1. The maximum atomic E-state index is 14.0. The van der Waals surface area contributed by atoms with E-state index in [0.717, 1.165) is 0 Å². The van der Waals surface area contributed by atoms with Gasteiger partial charge in [0.1, 0.15) is 18.2 Å². The van der Waals surface area contributed by atoms with E-state index in [1.807, 2.05) is 17.0 Å². The van der Waals surface area contributed by atoms with Gasteiger partial charge in [0.05, 0.1) is 24.3 Å². The van der Waals surface area contributed by atoms with Crippen molar-refractivity contribution in [2.75, 3.05) is 38.3 Å². The van der Waals surface area contributed by atoms with Crippen LogP contribution >= 0.6 is 0 Å². The van der Waals surface area contributed by atoms with Crippen LogP contribution in [-0.4, -0.2) is 60.5 Å². The molecule has 1 aliphatic rings. The van der Waals surface area contributed by atoms with Crippen molar-refractivity contribution in [3.63, 3.8) is 0 Å². The summed E-state index contributed by atoms with van der Waals surface area (Å²) in [5.74, 6) is 0.469. The van der Waals surface area contributed by atoms with Gasteiger partial charge in [-0.3, -0.25) is 4.90 Å². The molecule has 1 fully saturated rings. The fraction of sp³-hybridized carbons (Fsp3) is 0.350. The van der Waals surface area contributed by atoms with Crippen LogP contribution < -0.4 is 9.64 Å². The van der Waals surface area contributed by atoms with Crippen molar-refractivity contribution in [1.82, 2.24) is 9.88 Å². The number of halogens is 1. The monoisotopic (exact) mass is 400 g/mol. The highest BCUT2D eigenvalue weighted by molar-refractivity contribution is 5.66. The van der Waals surface area contributed by atoms with Crippen LogP contribution in [0.4, 0.5) is 15.0 Å². The molecule has 29 heavy (non-hydrogen) atoms. The third-order valence-electron chi connectivity index (χ3n) is 4.68. The SMILES string of the molecule is COC[C@H]1CN(c2cccc(OCc3ccc(C#N)cc3F)n2)CCN1C(=O)O. The second-order valence-corrected chi connectivity index (χ2v) is 6.57. The molecule has 1 aliphatic heterocycles. The quantitative estimate of drug-likeness (QED) is 0.795. The first kappa shape index (κ1) is 20.4. The molecule has 0 bridgehead atoms. The third kappa shape index (κ3) is 4.92. The van der Waals surface area contributed by atoms with Crippen molar-refractivity contribution in [3.05, 3.63) is 53.3 Å². The molecule has 1 aromatic heterocycles. The predicted molar refractivity (Wildman–Crippen MR) is 102 cm³/mol. The molecule has 0 unspecified atom stereocenters. The molecule has 0 saturated carbocycles. The minimum absolute atomic E-state index is 0.0207. The lowest BCUT2D eigenvalue weighted by Gasteiger charge is -2.40. The second kappa shape index (κ2) is 9.21. The van der Waals surface area contributed by atoms with Crippen LogP contribution in [-0.2, 0) is 11.3 Å². The van der Waals surface area contributed by atoms with Gasteiger partial charge in [-0.15, -0.1) is 0 Å². The first-order chi connectivity index (χ1) is 14.0. The van der Waals surface area contributed by atoms with Crippen molar-refractivity contribution in [2.45, 2.75) is 12.6 Å². The molecule has 1 atom stereocenters. The lowest BCUT2D eigenvalue weighted by Crippen LogP contribution is -2.56. The van der Waals surface area contributed by atoms with Gasteiger partial charge in [-0.05, 0) is 18.2 Å². The van der Waals surface area contributed by atoms with Gasteiger partial charge < -0.3 is 19.5 Å². The smallest absolute Gasteiger partial charge is 0.407 e. The van der Waals surface area contributed by atoms with Gasteiger partial charge in [-0.25, -0.2) is 9.18 Å². The van der Waals surface area contributed by atoms with Crippen LogP contribution in [0.5, 0.6) is 5.88 Å². The first-order valence-corrected chi connectivity index (χ1v) is 9.03. The van der Waals surface area contributed by atoms with E-state index in [1.165, 1.54) is 30.2 Å². The van der Waals surface area contributed by atoms with Crippen LogP contribution in [0.3, 0.4) is 0 Å². The van der Waals surface area contributed by atoms with E-state index in [4.69, 9.17) is 14.7 Å². The Kier molecular flexibility index (Phi) is 6.46. The number of carboxylic acid groups (broad SMARTS) is 1. The standard InChI is InChI=1S/C20H21FN4O4/c1-28-13-16-11-24(7-8-25(16)20(26)27)18-3-2-4-19(23-18)29-12-15-6-5-14(10-22)9-17(15)21/h2-6,9,16H,7-8,11-13H2,1H3,(H,26,27)/t16-/m1/s1. The molecule has 0 aliphatic carbocycles. The number of carbonyl (C=O) groups is 1. The van der Waals surface area contributed by atoms with Crippen LogP contribution in [0, 0.1) is 17.1 Å². The van der Waals surface area contributed by atoms with Crippen molar-refractivity contribution in [2.24, 2.45) is 0 Å². The number of nitriles is 1. The molecule has 3 rings (SSSR count). The zero-order chi connectivity index (χ0) is 20.8. The van der Waals surface area contributed by atoms with Crippen LogP contribution in [0.2, 0.25) is 0 Å². The van der Waals surface area contributed by atoms with Gasteiger partial charge >= 0.3 is 6.09 Å². The summed E-state index contributed by atoms with van der Waals surface area (Å²) in [5, 5.41) is 18.1. The van der Waals surface area contributed by atoms with E-state index in [0.29, 0.717) is 36.9 Å². The fourth-order valence-corrected chi connectivity index (χ4v) is 3.20. The molecule has 152 valence electrons. The van der Waals surface area contributed by atoms with Crippen molar-refractivity contribution >= 4 is 11.9 Å². The predicted octanol–water partition coefficient (Wildman–Crippen LogP) is 2.49. The molecule has 8 nitrogen and oxygen atoms in total. The summed E-state index contributed by atoms with van der Waals surface area (Å²) in [7, 11) is 1.54. The highest BCUT2D eigenvalue weighted by Crippen LogP contribution is 2.21. The highest BCUT2D eigenvalue weighted by Gasteiger charge is 2.31. The highest BCUT2D eigenvalue weighted by atomic mass is 19.1. The molecular weight excluding hydrogens is 379 g/mol. The average Bonchev–Trinajstić information content (AvgIpc) is 2.73. The van der Waals surface area contributed by atoms with Crippen LogP contribution in [0.25, 0.3) is 0 Å². The first-order valence-electron chi connectivity index (χ1n) is 9.03. The Hall–Kier alpha value is -3.38. The molecule has 1 aromatic carbocycles. The van der Waals surface area contributed by atoms with Gasteiger partial charge in [0.2, 0.25) is 5.88 Å². The second-order valence-electron chi connectivity index (χ2n) is 6.57. The fourth-order valence-electron chi connectivity index (χ4n) is 3.20. The molecule has 0 radical (unpaired) electrons. The summed E-state index contributed by atoms with van der Waals surface area (Å²) in [6, 6.07) is 11.1. The van der Waals surface area contributed by atoms with E-state index >= 15 is 0 Å². The Morgan fingerprint density at radius 2 is 2.21 bits per heavy atom. The number of nitrogens with zero attached hydrogens (tertiary/aromatic N) is 4. The van der Waals surface area contributed by atoms with Crippen LogP contribution in [0.1, 0.15) is 11.1 Å². The molecule has 2 aromatic rings. The Balaban J connectivity index is 1.68. The number of benzene rings is 1. The number of pyridine rings is 1. The number of aromatic nitrogens is 1. The number of rotatable bonds is 6. The zero-order valence-electron chi connectivity index (χ0n) is 15.9. The van der Waals surface area contributed by atoms with Gasteiger partial charge in [0, 0.05) is 38.4 Å². The van der Waals surface area contributed by atoms with E-state index in [2.05, 4.69) is 4.98 Å². The molecule has 1 saturated heterocycles. The number of ether oxygens (including phenoxy) is 2. The van der Waals surface area contributed by atoms with E-state index in [1.54, 1.807) is 12.1 Å². The number of hydrogen-bond acceptors (Lipinski definition) is 6. The number of methoxy groups -OCH3 is 1. The number of piperazine rings is 1. The van der Waals surface area contributed by atoms with Crippen molar-refractivity contribution in [3.8, 4) is 11.9 Å². The molecule has 1 N–H and O–H groups in total. The molecule has 1 amide bonds. The minimum Gasteiger partial charge on any atom is -0.473 e. The van der Waals surface area contributed by atoms with E-state index < -0.39 is 11.9 Å². The average molecular weight is 400 g/mol. The molecule has 0 spiro atoms. The third-order valence-corrected chi connectivity index (χ3v) is 4.68. The van der Waals surface area contributed by atoms with Crippen molar-refractivity contribution < 1.29 is 23.8 Å². The maximum absolute atomic E-state index is 14.0. The molecule has 9 heteroatoms. The van der Waals surface area contributed by atoms with Crippen molar-refractivity contribution in [1.29, 1.82) is 5.26 Å². The Bertz CT molecular complexity index is 918. The Labute approximate surface area is 167 Å². The lowest BCUT2D eigenvalue weighted by molar-refractivity contribution is 0.0735. The maximum Gasteiger partial charge on any atom is 0.407 e. The summed E-state index contributed by atoms with van der Waals surface area (Å²) in [5.41, 5.74) is 0.573. The Morgan fingerprint density at radius 3 is 2.90 bits per heavy atom. The van der Waals surface area contributed by atoms with E-state index in [9.17, 15) is 14.3 Å².